The van der Waals surface area contributed by atoms with Crippen molar-refractivity contribution in [1.82, 2.24) is 9.97 Å². The molecule has 0 amide bonds. The van der Waals surface area contributed by atoms with Gasteiger partial charge in [0.1, 0.15) is 17.4 Å². The van der Waals surface area contributed by atoms with Crippen LogP contribution in [0.2, 0.25) is 0 Å². The van der Waals surface area contributed by atoms with Crippen molar-refractivity contribution < 1.29 is 9.53 Å². The zero-order chi connectivity index (χ0) is 13.1. The average molecular weight is 244 g/mol. The Morgan fingerprint density at radius 1 is 1.44 bits per heavy atom. The molecule has 0 saturated heterocycles. The van der Waals surface area contributed by atoms with Gasteiger partial charge in [-0.15, -0.1) is 0 Å². The van der Waals surface area contributed by atoms with Gasteiger partial charge < -0.3 is 9.72 Å². The number of rotatable bonds is 4. The molecule has 1 N–H and O–H groups in total. The molecule has 94 valence electrons. The van der Waals surface area contributed by atoms with Crippen LogP contribution in [0, 0.1) is 6.92 Å². The van der Waals surface area contributed by atoms with E-state index in [0.717, 1.165) is 22.7 Å². The maximum Gasteiger partial charge on any atom is 0.137 e. The summed E-state index contributed by atoms with van der Waals surface area (Å²) in [5.74, 6) is 1.60. The number of ether oxygens (including phenoxy) is 1. The van der Waals surface area contributed by atoms with Crippen LogP contribution in [0.25, 0.3) is 11.3 Å². The monoisotopic (exact) mass is 244 g/mol. The normalized spacial score (nSPS) is 10.4. The van der Waals surface area contributed by atoms with Gasteiger partial charge in [-0.05, 0) is 26.0 Å². The number of aromatic nitrogens is 2. The summed E-state index contributed by atoms with van der Waals surface area (Å²) >= 11 is 0. The summed E-state index contributed by atoms with van der Waals surface area (Å²) in [6.45, 7) is 3.51. The van der Waals surface area contributed by atoms with E-state index in [-0.39, 0.29) is 5.78 Å². The van der Waals surface area contributed by atoms with Crippen LogP contribution < -0.4 is 4.74 Å². The number of methoxy groups -OCH3 is 1. The Hall–Kier alpha value is -2.10. The van der Waals surface area contributed by atoms with Crippen molar-refractivity contribution >= 4 is 5.78 Å². The van der Waals surface area contributed by atoms with E-state index in [1.165, 1.54) is 0 Å². The first-order chi connectivity index (χ1) is 8.60. The number of H-pyrrole nitrogens is 1. The first kappa shape index (κ1) is 12.4. The molecule has 0 bridgehead atoms. The minimum absolute atomic E-state index is 0.0981. The minimum Gasteiger partial charge on any atom is -0.497 e. The van der Waals surface area contributed by atoms with Crippen molar-refractivity contribution in [3.63, 3.8) is 0 Å². The van der Waals surface area contributed by atoms with E-state index in [2.05, 4.69) is 9.97 Å². The molecule has 0 unspecified atom stereocenters. The van der Waals surface area contributed by atoms with Crippen LogP contribution in [0.1, 0.15) is 18.4 Å². The fraction of sp³-hybridized carbons (Fsp3) is 0.286. The quantitative estimate of drug-likeness (QED) is 0.899. The molecule has 0 aliphatic carbocycles. The Bertz CT molecular complexity index is 573. The third kappa shape index (κ3) is 2.59. The molecular formula is C14H16N2O2. The van der Waals surface area contributed by atoms with E-state index in [9.17, 15) is 4.79 Å². The first-order valence-electron chi connectivity index (χ1n) is 5.79. The minimum atomic E-state index is 0.0981. The number of nitrogens with zero attached hydrogens (tertiary/aromatic N) is 1. The van der Waals surface area contributed by atoms with Gasteiger partial charge in [0.15, 0.2) is 0 Å². The summed E-state index contributed by atoms with van der Waals surface area (Å²) in [4.78, 5) is 18.7. The van der Waals surface area contributed by atoms with Gasteiger partial charge in [0, 0.05) is 11.3 Å². The second-order valence-corrected chi connectivity index (χ2v) is 4.27. The van der Waals surface area contributed by atoms with E-state index in [1.807, 2.05) is 31.2 Å². The molecule has 1 heterocycles. The van der Waals surface area contributed by atoms with E-state index >= 15 is 0 Å². The molecule has 0 atom stereocenters. The van der Waals surface area contributed by atoms with Gasteiger partial charge in [-0.1, -0.05) is 12.1 Å². The Morgan fingerprint density at radius 2 is 2.22 bits per heavy atom. The number of imidazole rings is 1. The van der Waals surface area contributed by atoms with Crippen LogP contribution in [-0.4, -0.2) is 22.9 Å². The van der Waals surface area contributed by atoms with Gasteiger partial charge in [-0.3, -0.25) is 4.79 Å². The molecule has 0 fully saturated rings. The molecule has 0 aliphatic rings. The van der Waals surface area contributed by atoms with Crippen molar-refractivity contribution in [3.8, 4) is 17.0 Å². The van der Waals surface area contributed by atoms with Crippen LogP contribution in [-0.2, 0) is 11.2 Å². The standard InChI is InChI=1S/C14H16N2O2/c1-9(17)7-13-15-10(2)14(16-13)11-5-4-6-12(8-11)18-3/h4-6,8H,7H2,1-3H3,(H,15,16). The summed E-state index contributed by atoms with van der Waals surface area (Å²) in [6, 6.07) is 7.72. The second-order valence-electron chi connectivity index (χ2n) is 4.27. The Labute approximate surface area is 106 Å². The molecular weight excluding hydrogens is 228 g/mol. The summed E-state index contributed by atoms with van der Waals surface area (Å²) in [5.41, 5.74) is 2.81. The van der Waals surface area contributed by atoms with E-state index in [4.69, 9.17) is 4.74 Å². The van der Waals surface area contributed by atoms with Crippen LogP contribution in [0.15, 0.2) is 24.3 Å². The molecule has 0 aliphatic heterocycles. The maximum absolute atomic E-state index is 11.1. The summed E-state index contributed by atoms with van der Waals surface area (Å²) in [5, 5.41) is 0. The second kappa shape index (κ2) is 5.04. The van der Waals surface area contributed by atoms with Gasteiger partial charge >= 0.3 is 0 Å². The number of carbonyl (C=O) groups excluding carboxylic acids is 1. The van der Waals surface area contributed by atoms with Crippen LogP contribution in [0.4, 0.5) is 0 Å². The third-order valence-corrected chi connectivity index (χ3v) is 2.69. The largest absolute Gasteiger partial charge is 0.497 e. The van der Waals surface area contributed by atoms with Crippen LogP contribution in [0.3, 0.4) is 0 Å². The molecule has 1 aromatic heterocycles. The highest BCUT2D eigenvalue weighted by atomic mass is 16.5. The Morgan fingerprint density at radius 3 is 2.89 bits per heavy atom. The van der Waals surface area contributed by atoms with Crippen LogP contribution in [0.5, 0.6) is 5.75 Å². The molecule has 18 heavy (non-hydrogen) atoms. The van der Waals surface area contributed by atoms with E-state index < -0.39 is 0 Å². The number of Topliss-reactive ketones (excluding diaryl/α,β-unsaturated/α-hetero) is 1. The summed E-state index contributed by atoms with van der Waals surface area (Å²) in [6.07, 6.45) is 0.338. The Balaban J connectivity index is 2.37. The molecule has 0 saturated carbocycles. The van der Waals surface area contributed by atoms with E-state index in [1.54, 1.807) is 14.0 Å². The van der Waals surface area contributed by atoms with Gasteiger partial charge in [-0.2, -0.15) is 0 Å². The van der Waals surface area contributed by atoms with Crippen molar-refractivity contribution in [3.05, 3.63) is 35.8 Å². The highest BCUT2D eigenvalue weighted by Gasteiger charge is 2.10. The van der Waals surface area contributed by atoms with E-state index in [0.29, 0.717) is 12.2 Å². The molecule has 2 rings (SSSR count). The van der Waals surface area contributed by atoms with Crippen molar-refractivity contribution in [2.24, 2.45) is 0 Å². The van der Waals surface area contributed by atoms with Gasteiger partial charge in [0.2, 0.25) is 0 Å². The highest BCUT2D eigenvalue weighted by Crippen LogP contribution is 2.25. The number of hydrogen-bond acceptors (Lipinski definition) is 3. The lowest BCUT2D eigenvalue weighted by molar-refractivity contribution is -0.116. The zero-order valence-corrected chi connectivity index (χ0v) is 10.8. The van der Waals surface area contributed by atoms with Crippen molar-refractivity contribution in [2.75, 3.05) is 7.11 Å². The van der Waals surface area contributed by atoms with Gasteiger partial charge in [-0.25, -0.2) is 4.98 Å². The number of aryl methyl sites for hydroxylation is 1. The topological polar surface area (TPSA) is 55.0 Å². The molecule has 2 aromatic rings. The average Bonchev–Trinajstić information content (AvgIpc) is 2.69. The lowest BCUT2D eigenvalue weighted by Crippen LogP contribution is -1.98. The molecule has 0 radical (unpaired) electrons. The zero-order valence-electron chi connectivity index (χ0n) is 10.8. The predicted molar refractivity (Wildman–Crippen MR) is 69.7 cm³/mol. The summed E-state index contributed by atoms with van der Waals surface area (Å²) in [7, 11) is 1.64. The molecule has 4 nitrogen and oxygen atoms in total. The van der Waals surface area contributed by atoms with Gasteiger partial charge in [0.25, 0.3) is 0 Å². The molecule has 4 heteroatoms. The Kier molecular flexibility index (Phi) is 3.46. The van der Waals surface area contributed by atoms with Crippen molar-refractivity contribution in [2.45, 2.75) is 20.3 Å². The SMILES string of the molecule is COc1cccc(-c2nc(CC(C)=O)[nH]c2C)c1. The third-order valence-electron chi connectivity index (χ3n) is 2.69. The maximum atomic E-state index is 11.1. The summed E-state index contributed by atoms with van der Waals surface area (Å²) < 4.78 is 5.20. The number of ketones is 1. The predicted octanol–water partition coefficient (Wildman–Crippen LogP) is 2.53. The molecule has 0 spiro atoms. The fourth-order valence-corrected chi connectivity index (χ4v) is 1.89. The van der Waals surface area contributed by atoms with Crippen molar-refractivity contribution in [1.29, 1.82) is 0 Å². The number of nitrogens with one attached hydrogen (secondary N) is 1. The fourth-order valence-electron chi connectivity index (χ4n) is 1.89. The lowest BCUT2D eigenvalue weighted by Gasteiger charge is -2.02. The number of carbonyl (C=O) groups is 1. The van der Waals surface area contributed by atoms with Gasteiger partial charge in [0.05, 0.1) is 19.2 Å². The molecule has 1 aromatic carbocycles. The van der Waals surface area contributed by atoms with Crippen LogP contribution >= 0.6 is 0 Å². The lowest BCUT2D eigenvalue weighted by atomic mass is 10.1. The highest BCUT2D eigenvalue weighted by molar-refractivity contribution is 5.77. The first-order valence-corrected chi connectivity index (χ1v) is 5.79. The number of aromatic amines is 1. The smallest absolute Gasteiger partial charge is 0.137 e. The number of benzene rings is 1. The number of hydrogen-bond donors (Lipinski definition) is 1.